The van der Waals surface area contributed by atoms with E-state index in [1.807, 2.05) is 19.1 Å². The molecule has 0 aromatic rings. The van der Waals surface area contributed by atoms with Crippen molar-refractivity contribution in [2.24, 2.45) is 0 Å². The maximum absolute atomic E-state index is 10.5. The van der Waals surface area contributed by atoms with Crippen LogP contribution >= 0.6 is 0 Å². The van der Waals surface area contributed by atoms with Gasteiger partial charge in [0.05, 0.1) is 24.4 Å². The number of hydrogen-bond donors (Lipinski definition) is 3. The van der Waals surface area contributed by atoms with Gasteiger partial charge in [0.25, 0.3) is 0 Å². The molecular weight excluding hydrogens is 304 g/mol. The van der Waals surface area contributed by atoms with Gasteiger partial charge in [0.1, 0.15) is 5.60 Å². The van der Waals surface area contributed by atoms with Gasteiger partial charge in [-0.1, -0.05) is 23.8 Å². The first-order valence-corrected chi connectivity index (χ1v) is 8.90. The highest BCUT2D eigenvalue weighted by atomic mass is 16.6. The normalized spacial score (nSPS) is 34.9. The van der Waals surface area contributed by atoms with E-state index in [4.69, 9.17) is 4.74 Å². The Morgan fingerprint density at radius 1 is 1.33 bits per heavy atom. The Hall–Kier alpha value is -0.940. The molecule has 2 rings (SSSR count). The SMILES string of the molecule is CC1=CC=C(C(C)(O)CO)C[C@@H](O)C(C)=CCCC2(C)OC2CC1. The fraction of sp³-hybridized carbons (Fsp3) is 0.700. The van der Waals surface area contributed by atoms with E-state index in [2.05, 4.69) is 19.9 Å². The third kappa shape index (κ3) is 4.79. The Labute approximate surface area is 145 Å². The van der Waals surface area contributed by atoms with Crippen molar-refractivity contribution in [3.8, 4) is 0 Å². The molecule has 0 amide bonds. The second-order valence-electron chi connectivity index (χ2n) is 7.80. The van der Waals surface area contributed by atoms with E-state index in [1.54, 1.807) is 6.92 Å². The summed E-state index contributed by atoms with van der Waals surface area (Å²) in [6.45, 7) is 7.36. The van der Waals surface area contributed by atoms with Gasteiger partial charge in [-0.25, -0.2) is 0 Å². The number of aliphatic hydroxyl groups excluding tert-OH is 2. The second-order valence-corrected chi connectivity index (χ2v) is 7.80. The molecular formula is C20H32O4. The topological polar surface area (TPSA) is 73.2 Å². The molecule has 4 heteroatoms. The second kappa shape index (κ2) is 7.52. The number of ether oxygens (including phenoxy) is 1. The lowest BCUT2D eigenvalue weighted by Crippen LogP contribution is -2.33. The number of aliphatic hydroxyl groups is 3. The first kappa shape index (κ1) is 19.4. The van der Waals surface area contributed by atoms with Crippen molar-refractivity contribution in [3.05, 3.63) is 34.9 Å². The lowest BCUT2D eigenvalue weighted by atomic mass is 9.88. The summed E-state index contributed by atoms with van der Waals surface area (Å²) in [4.78, 5) is 0. The predicted octanol–water partition coefficient (Wildman–Crippen LogP) is 3.03. The van der Waals surface area contributed by atoms with Crippen LogP contribution in [0.5, 0.6) is 0 Å². The summed E-state index contributed by atoms with van der Waals surface area (Å²) in [5, 5.41) is 30.4. The number of fused-ring (bicyclic) bond motifs is 1. The molecule has 0 bridgehead atoms. The van der Waals surface area contributed by atoms with Crippen LogP contribution in [-0.2, 0) is 4.74 Å². The van der Waals surface area contributed by atoms with Gasteiger partial charge in [-0.3, -0.25) is 0 Å². The van der Waals surface area contributed by atoms with E-state index in [0.29, 0.717) is 18.1 Å². The quantitative estimate of drug-likeness (QED) is 0.535. The molecule has 0 aromatic carbocycles. The Morgan fingerprint density at radius 2 is 2.04 bits per heavy atom. The molecule has 1 heterocycles. The molecule has 0 aromatic heterocycles. The van der Waals surface area contributed by atoms with Crippen molar-refractivity contribution >= 4 is 0 Å². The van der Waals surface area contributed by atoms with Crippen molar-refractivity contribution in [1.29, 1.82) is 0 Å². The minimum atomic E-state index is -1.33. The zero-order chi connectivity index (χ0) is 18.0. The molecule has 0 spiro atoms. The van der Waals surface area contributed by atoms with Crippen LogP contribution in [0.4, 0.5) is 0 Å². The average Bonchev–Trinajstić information content (AvgIpc) is 3.18. The summed E-state index contributed by atoms with van der Waals surface area (Å²) < 4.78 is 5.88. The van der Waals surface area contributed by atoms with Gasteiger partial charge in [0, 0.05) is 6.42 Å². The minimum absolute atomic E-state index is 0.0202. The van der Waals surface area contributed by atoms with Crippen LogP contribution in [-0.4, -0.2) is 45.3 Å². The summed E-state index contributed by atoms with van der Waals surface area (Å²) in [6, 6.07) is 0. The van der Waals surface area contributed by atoms with E-state index in [0.717, 1.165) is 31.3 Å². The molecule has 2 aliphatic rings. The molecule has 0 saturated carbocycles. The fourth-order valence-electron chi connectivity index (χ4n) is 3.22. The van der Waals surface area contributed by atoms with Crippen molar-refractivity contribution in [3.63, 3.8) is 0 Å². The summed E-state index contributed by atoms with van der Waals surface area (Å²) in [7, 11) is 0. The average molecular weight is 336 g/mol. The maximum Gasteiger partial charge on any atom is 0.106 e. The lowest BCUT2D eigenvalue weighted by Gasteiger charge is -2.26. The standard InChI is InChI=1S/C20H32O4/c1-14-7-9-16(19(3,23)13-21)12-17(22)15(2)6-5-11-20(4)18(24-20)10-8-14/h6-7,9,17-18,21-23H,5,8,10-13H2,1-4H3/t17-,18?,19?,20?/m1/s1. The molecule has 1 fully saturated rings. The first-order valence-electron chi connectivity index (χ1n) is 8.90. The number of allylic oxidation sites excluding steroid dienone is 4. The Kier molecular flexibility index (Phi) is 6.08. The van der Waals surface area contributed by atoms with E-state index in [-0.39, 0.29) is 12.2 Å². The van der Waals surface area contributed by atoms with Crippen LogP contribution in [0.15, 0.2) is 34.9 Å². The van der Waals surface area contributed by atoms with E-state index in [1.165, 1.54) is 5.57 Å². The molecule has 1 aliphatic carbocycles. The molecule has 4 atom stereocenters. The predicted molar refractivity (Wildman–Crippen MR) is 95.7 cm³/mol. The van der Waals surface area contributed by atoms with Crippen LogP contribution in [0.3, 0.4) is 0 Å². The molecule has 3 unspecified atom stereocenters. The van der Waals surface area contributed by atoms with Crippen LogP contribution in [0.25, 0.3) is 0 Å². The molecule has 1 aliphatic heterocycles. The molecule has 24 heavy (non-hydrogen) atoms. The minimum Gasteiger partial charge on any atom is -0.393 e. The third-order valence-electron chi connectivity index (χ3n) is 5.45. The van der Waals surface area contributed by atoms with Crippen molar-refractivity contribution in [2.45, 2.75) is 83.2 Å². The van der Waals surface area contributed by atoms with Gasteiger partial charge in [-0.2, -0.15) is 0 Å². The van der Waals surface area contributed by atoms with Gasteiger partial charge in [0.2, 0.25) is 0 Å². The van der Waals surface area contributed by atoms with Gasteiger partial charge in [-0.15, -0.1) is 0 Å². The van der Waals surface area contributed by atoms with Crippen molar-refractivity contribution in [2.75, 3.05) is 6.61 Å². The first-order chi connectivity index (χ1) is 11.2. The fourth-order valence-corrected chi connectivity index (χ4v) is 3.22. The number of epoxide rings is 1. The molecule has 1 saturated heterocycles. The zero-order valence-electron chi connectivity index (χ0n) is 15.4. The Morgan fingerprint density at radius 3 is 2.71 bits per heavy atom. The zero-order valence-corrected chi connectivity index (χ0v) is 15.4. The van der Waals surface area contributed by atoms with Gasteiger partial charge in [0.15, 0.2) is 0 Å². The smallest absolute Gasteiger partial charge is 0.106 e. The third-order valence-corrected chi connectivity index (χ3v) is 5.45. The number of hydrogen-bond acceptors (Lipinski definition) is 4. The van der Waals surface area contributed by atoms with E-state index in [9.17, 15) is 15.3 Å². The van der Waals surface area contributed by atoms with Crippen LogP contribution in [0.2, 0.25) is 0 Å². The van der Waals surface area contributed by atoms with Gasteiger partial charge < -0.3 is 20.1 Å². The van der Waals surface area contributed by atoms with Crippen LogP contribution in [0, 0.1) is 0 Å². The summed E-state index contributed by atoms with van der Waals surface area (Å²) in [5.74, 6) is 0. The lowest BCUT2D eigenvalue weighted by molar-refractivity contribution is 0.0263. The molecule has 0 radical (unpaired) electrons. The number of rotatable bonds is 2. The van der Waals surface area contributed by atoms with Crippen LogP contribution in [0.1, 0.15) is 59.8 Å². The van der Waals surface area contributed by atoms with E-state index < -0.39 is 11.7 Å². The molecule has 136 valence electrons. The van der Waals surface area contributed by atoms with Gasteiger partial charge in [-0.05, 0) is 64.5 Å². The maximum atomic E-state index is 10.5. The molecule has 3 N–H and O–H groups in total. The molecule has 4 nitrogen and oxygen atoms in total. The highest BCUT2D eigenvalue weighted by Crippen LogP contribution is 2.43. The van der Waals surface area contributed by atoms with Gasteiger partial charge >= 0.3 is 0 Å². The van der Waals surface area contributed by atoms with Crippen molar-refractivity contribution < 1.29 is 20.1 Å². The Bertz CT molecular complexity index is 544. The summed E-state index contributed by atoms with van der Waals surface area (Å²) >= 11 is 0. The Balaban J connectivity index is 2.26. The highest BCUT2D eigenvalue weighted by molar-refractivity contribution is 5.26. The highest BCUT2D eigenvalue weighted by Gasteiger charge is 2.50. The van der Waals surface area contributed by atoms with Crippen molar-refractivity contribution in [1.82, 2.24) is 0 Å². The van der Waals surface area contributed by atoms with Crippen LogP contribution < -0.4 is 0 Å². The largest absolute Gasteiger partial charge is 0.393 e. The summed E-state index contributed by atoms with van der Waals surface area (Å²) in [6.07, 6.45) is 9.65. The monoisotopic (exact) mass is 336 g/mol. The van der Waals surface area contributed by atoms with E-state index >= 15 is 0 Å². The summed E-state index contributed by atoms with van der Waals surface area (Å²) in [5.41, 5.74) is 1.40.